The van der Waals surface area contributed by atoms with Crippen LogP contribution in [0.4, 0.5) is 11.6 Å². The topological polar surface area (TPSA) is 85.5 Å². The van der Waals surface area contributed by atoms with E-state index in [9.17, 15) is 0 Å². The molecule has 7 heteroatoms. The first-order valence-corrected chi connectivity index (χ1v) is 6.52. The highest BCUT2D eigenvalue weighted by Crippen LogP contribution is 2.31. The van der Waals surface area contributed by atoms with Crippen molar-refractivity contribution in [2.24, 2.45) is 5.84 Å². The summed E-state index contributed by atoms with van der Waals surface area (Å²) in [6.07, 6.45) is 3.95. The van der Waals surface area contributed by atoms with Crippen LogP contribution >= 0.6 is 0 Å². The lowest BCUT2D eigenvalue weighted by molar-refractivity contribution is 0.115. The predicted molar refractivity (Wildman–Crippen MR) is 73.3 cm³/mol. The van der Waals surface area contributed by atoms with Gasteiger partial charge in [-0.15, -0.1) is 0 Å². The second-order valence-corrected chi connectivity index (χ2v) is 4.40. The molecule has 0 radical (unpaired) electrons. The van der Waals surface area contributed by atoms with E-state index in [1.807, 2.05) is 0 Å². The van der Waals surface area contributed by atoms with E-state index in [2.05, 4.69) is 27.2 Å². The molecule has 7 nitrogen and oxygen atoms in total. The molecule has 1 aliphatic rings. The minimum absolute atomic E-state index is 0.258. The number of likely N-dealkylation sites (N-methyl/N-ethyl adjacent to an activating group) is 1. The van der Waals surface area contributed by atoms with Crippen LogP contribution in [0.3, 0.4) is 0 Å². The van der Waals surface area contributed by atoms with Crippen molar-refractivity contribution >= 4 is 11.6 Å². The van der Waals surface area contributed by atoms with E-state index < -0.39 is 0 Å². The summed E-state index contributed by atoms with van der Waals surface area (Å²) in [6.45, 7) is 4.54. The number of ether oxygens (including phenoxy) is 2. The summed E-state index contributed by atoms with van der Waals surface area (Å²) in [7, 11) is 1.59. The van der Waals surface area contributed by atoms with Crippen molar-refractivity contribution in [3.63, 3.8) is 0 Å². The Morgan fingerprint density at radius 2 is 2.42 bits per heavy atom. The molecule has 1 aliphatic heterocycles. The quantitative estimate of drug-likeness (QED) is 0.581. The second-order valence-electron chi connectivity index (χ2n) is 4.40. The number of nitrogens with zero attached hydrogens (tertiary/aromatic N) is 3. The fraction of sp³-hybridized carbons (Fsp3) is 0.667. The molecular formula is C12H21N5O2. The van der Waals surface area contributed by atoms with E-state index in [1.165, 1.54) is 6.33 Å². The average molecular weight is 267 g/mol. The third-order valence-corrected chi connectivity index (χ3v) is 3.26. The Kier molecular flexibility index (Phi) is 4.75. The molecule has 106 valence electrons. The Labute approximate surface area is 113 Å². The fourth-order valence-corrected chi connectivity index (χ4v) is 2.28. The van der Waals surface area contributed by atoms with Gasteiger partial charge in [-0.05, 0) is 19.8 Å². The van der Waals surface area contributed by atoms with Crippen molar-refractivity contribution in [1.29, 1.82) is 0 Å². The molecule has 1 fully saturated rings. The van der Waals surface area contributed by atoms with Gasteiger partial charge in [-0.2, -0.15) is 0 Å². The molecular weight excluding hydrogens is 246 g/mol. The van der Waals surface area contributed by atoms with E-state index in [0.717, 1.165) is 38.4 Å². The maximum absolute atomic E-state index is 5.67. The molecule has 1 saturated heterocycles. The molecule has 1 atom stereocenters. The highest BCUT2D eigenvalue weighted by atomic mass is 16.5. The maximum atomic E-state index is 5.67. The SMILES string of the molecule is CCN(CC1CCCO1)c1ncnc(NN)c1OC. The molecule has 19 heavy (non-hydrogen) atoms. The average Bonchev–Trinajstić information content (AvgIpc) is 2.96. The van der Waals surface area contributed by atoms with Crippen molar-refractivity contribution in [2.45, 2.75) is 25.9 Å². The minimum atomic E-state index is 0.258. The lowest BCUT2D eigenvalue weighted by Crippen LogP contribution is -2.33. The van der Waals surface area contributed by atoms with Crippen molar-refractivity contribution in [3.8, 4) is 5.75 Å². The molecule has 2 rings (SSSR count). The maximum Gasteiger partial charge on any atom is 0.205 e. The zero-order valence-corrected chi connectivity index (χ0v) is 11.4. The zero-order valence-electron chi connectivity index (χ0n) is 11.4. The van der Waals surface area contributed by atoms with Gasteiger partial charge in [0.05, 0.1) is 13.2 Å². The van der Waals surface area contributed by atoms with Crippen LogP contribution in [0, 0.1) is 0 Å². The third-order valence-electron chi connectivity index (χ3n) is 3.26. The van der Waals surface area contributed by atoms with E-state index >= 15 is 0 Å². The van der Waals surface area contributed by atoms with E-state index in [4.69, 9.17) is 15.3 Å². The van der Waals surface area contributed by atoms with E-state index in [-0.39, 0.29) is 6.10 Å². The first-order valence-electron chi connectivity index (χ1n) is 6.52. The molecule has 0 bridgehead atoms. The number of hydrogen-bond donors (Lipinski definition) is 2. The standard InChI is InChI=1S/C12H21N5O2/c1-3-17(7-9-5-4-6-19-9)12-10(18-2)11(16-13)14-8-15-12/h8-9H,3-7,13H2,1-2H3,(H,14,15,16). The number of aromatic nitrogens is 2. The Morgan fingerprint density at radius 3 is 3.00 bits per heavy atom. The summed E-state index contributed by atoms with van der Waals surface area (Å²) in [5.74, 6) is 7.22. The molecule has 3 N–H and O–H groups in total. The van der Waals surface area contributed by atoms with Crippen LogP contribution in [-0.2, 0) is 4.74 Å². The summed E-state index contributed by atoms with van der Waals surface area (Å²) < 4.78 is 11.0. The van der Waals surface area contributed by atoms with Gasteiger partial charge < -0.3 is 19.8 Å². The van der Waals surface area contributed by atoms with Gasteiger partial charge in [0.2, 0.25) is 5.75 Å². The normalized spacial score (nSPS) is 18.4. The molecule has 0 aromatic carbocycles. The van der Waals surface area contributed by atoms with Crippen LogP contribution < -0.4 is 20.9 Å². The predicted octanol–water partition coefficient (Wildman–Crippen LogP) is 0.776. The van der Waals surface area contributed by atoms with Gasteiger partial charge in [0.15, 0.2) is 11.6 Å². The minimum Gasteiger partial charge on any atom is -0.490 e. The summed E-state index contributed by atoms with van der Waals surface area (Å²) in [5.41, 5.74) is 2.53. The number of hydrogen-bond acceptors (Lipinski definition) is 7. The lowest BCUT2D eigenvalue weighted by atomic mass is 10.2. The Bertz CT molecular complexity index is 409. The van der Waals surface area contributed by atoms with Crippen LogP contribution in [0.25, 0.3) is 0 Å². The molecule has 0 saturated carbocycles. The van der Waals surface area contributed by atoms with Gasteiger partial charge in [-0.25, -0.2) is 15.8 Å². The summed E-state index contributed by atoms with van der Waals surface area (Å²) in [5, 5.41) is 0. The van der Waals surface area contributed by atoms with Crippen LogP contribution in [0.5, 0.6) is 5.75 Å². The number of hydrazine groups is 1. The number of anilines is 2. The Hall–Kier alpha value is -1.60. The van der Waals surface area contributed by atoms with Crippen molar-refractivity contribution in [2.75, 3.05) is 37.1 Å². The first kappa shape index (κ1) is 13.8. The molecule has 0 amide bonds. The van der Waals surface area contributed by atoms with Gasteiger partial charge in [0.1, 0.15) is 6.33 Å². The Balaban J connectivity index is 2.21. The van der Waals surface area contributed by atoms with E-state index in [1.54, 1.807) is 7.11 Å². The lowest BCUT2D eigenvalue weighted by Gasteiger charge is -2.26. The smallest absolute Gasteiger partial charge is 0.205 e. The molecule has 1 unspecified atom stereocenters. The van der Waals surface area contributed by atoms with Crippen LogP contribution in [0.1, 0.15) is 19.8 Å². The van der Waals surface area contributed by atoms with Crippen LogP contribution in [-0.4, -0.2) is 42.9 Å². The highest BCUT2D eigenvalue weighted by molar-refractivity contribution is 5.64. The number of methoxy groups -OCH3 is 1. The van der Waals surface area contributed by atoms with Gasteiger partial charge in [-0.1, -0.05) is 0 Å². The summed E-state index contributed by atoms with van der Waals surface area (Å²) in [6, 6.07) is 0. The van der Waals surface area contributed by atoms with Crippen molar-refractivity contribution in [3.05, 3.63) is 6.33 Å². The van der Waals surface area contributed by atoms with Gasteiger partial charge >= 0.3 is 0 Å². The van der Waals surface area contributed by atoms with Gasteiger partial charge in [0, 0.05) is 19.7 Å². The summed E-state index contributed by atoms with van der Waals surface area (Å²) in [4.78, 5) is 10.5. The highest BCUT2D eigenvalue weighted by Gasteiger charge is 2.22. The third kappa shape index (κ3) is 3.05. The number of nitrogen functional groups attached to an aromatic ring is 1. The number of nitrogens with one attached hydrogen (secondary N) is 1. The fourth-order valence-electron chi connectivity index (χ4n) is 2.28. The van der Waals surface area contributed by atoms with Crippen LogP contribution in [0.2, 0.25) is 0 Å². The zero-order chi connectivity index (χ0) is 13.7. The van der Waals surface area contributed by atoms with Crippen molar-refractivity contribution in [1.82, 2.24) is 9.97 Å². The number of rotatable bonds is 6. The molecule has 1 aromatic rings. The molecule has 0 aliphatic carbocycles. The molecule has 2 heterocycles. The van der Waals surface area contributed by atoms with E-state index in [0.29, 0.717) is 11.6 Å². The van der Waals surface area contributed by atoms with Crippen molar-refractivity contribution < 1.29 is 9.47 Å². The van der Waals surface area contributed by atoms with Crippen LogP contribution in [0.15, 0.2) is 6.33 Å². The number of nitrogens with two attached hydrogens (primary N) is 1. The summed E-state index contributed by atoms with van der Waals surface area (Å²) >= 11 is 0. The second kappa shape index (κ2) is 6.53. The first-order chi connectivity index (χ1) is 9.30. The largest absolute Gasteiger partial charge is 0.490 e. The monoisotopic (exact) mass is 267 g/mol. The van der Waals surface area contributed by atoms with Gasteiger partial charge in [0.25, 0.3) is 0 Å². The molecule has 0 spiro atoms. The van der Waals surface area contributed by atoms with Gasteiger partial charge in [-0.3, -0.25) is 0 Å². The molecule has 1 aromatic heterocycles. The Morgan fingerprint density at radius 1 is 1.58 bits per heavy atom.